The molecule has 1 saturated heterocycles. The quantitative estimate of drug-likeness (QED) is 0.451. The zero-order valence-electron chi connectivity index (χ0n) is 4.65. The number of hydrogen-bond acceptors (Lipinski definition) is 3. The number of carbonyl (C=O) groups is 1. The Morgan fingerprint density at radius 2 is 2.22 bits per heavy atom. The molecular formula is C4H6N2O3. The number of carbonyl (C=O) groups excluding carboxylic acids is 1. The molecule has 0 aromatic rings. The average Bonchev–Trinajstić information content (AvgIpc) is 1.79. The maximum absolute atomic E-state index is 10.3. The topological polar surface area (TPSA) is 70.0 Å². The summed E-state index contributed by atoms with van der Waals surface area (Å²) in [5.74, 6) is 0. The smallest absolute Gasteiger partial charge is 0.381 e. The molecule has 0 aliphatic carbocycles. The molecule has 0 bridgehead atoms. The highest BCUT2D eigenvalue weighted by atomic mass is 16.3. The van der Waals surface area contributed by atoms with Crippen LogP contribution in [0.2, 0.25) is 0 Å². The standard InChI is InChI=1S/C4H6N2O3/c7-3-1-6(2-3)4(8)5-9/h3,7H,1-2H2. The minimum absolute atomic E-state index is 0.241. The van der Waals surface area contributed by atoms with E-state index < -0.39 is 12.1 Å². The number of likely N-dealkylation sites (tertiary alicyclic amines) is 1. The lowest BCUT2D eigenvalue weighted by molar-refractivity contribution is 0.0295. The molecule has 9 heavy (non-hydrogen) atoms. The summed E-state index contributed by atoms with van der Waals surface area (Å²) in [4.78, 5) is 21.0. The Morgan fingerprint density at radius 3 is 2.56 bits per heavy atom. The van der Waals surface area contributed by atoms with Crippen LogP contribution >= 0.6 is 0 Å². The van der Waals surface area contributed by atoms with Gasteiger partial charge in [-0.3, -0.25) is 0 Å². The molecule has 0 saturated carbocycles. The molecule has 0 radical (unpaired) electrons. The van der Waals surface area contributed by atoms with Crippen molar-refractivity contribution in [2.75, 3.05) is 13.1 Å². The fraction of sp³-hybridized carbons (Fsp3) is 0.750. The predicted octanol–water partition coefficient (Wildman–Crippen LogP) is -0.451. The summed E-state index contributed by atoms with van der Waals surface area (Å²) in [6.07, 6.45) is -0.462. The van der Waals surface area contributed by atoms with E-state index in [4.69, 9.17) is 5.11 Å². The zero-order valence-corrected chi connectivity index (χ0v) is 4.65. The highest BCUT2D eigenvalue weighted by molar-refractivity contribution is 5.75. The van der Waals surface area contributed by atoms with E-state index in [9.17, 15) is 9.70 Å². The summed E-state index contributed by atoms with van der Waals surface area (Å²) >= 11 is 0. The van der Waals surface area contributed by atoms with E-state index in [1.54, 1.807) is 0 Å². The Morgan fingerprint density at radius 1 is 1.67 bits per heavy atom. The first-order valence-corrected chi connectivity index (χ1v) is 2.54. The molecule has 1 N–H and O–H groups in total. The third kappa shape index (κ3) is 1.05. The number of aliphatic hydroxyl groups excluding tert-OH is 1. The van der Waals surface area contributed by atoms with Gasteiger partial charge in [-0.2, -0.15) is 0 Å². The molecule has 5 heteroatoms. The molecule has 1 rings (SSSR count). The first-order valence-electron chi connectivity index (χ1n) is 2.54. The number of hydrogen-bond donors (Lipinski definition) is 1. The normalized spacial score (nSPS) is 19.0. The van der Waals surface area contributed by atoms with Crippen LogP contribution in [-0.2, 0) is 0 Å². The SMILES string of the molecule is O=NC(=O)N1CC(O)C1. The number of amides is 2. The second-order valence-corrected chi connectivity index (χ2v) is 1.93. The first-order chi connectivity index (χ1) is 4.24. The largest absolute Gasteiger partial charge is 0.389 e. The highest BCUT2D eigenvalue weighted by Gasteiger charge is 2.28. The second kappa shape index (κ2) is 2.10. The Kier molecular flexibility index (Phi) is 1.44. The Balaban J connectivity index is 2.31. The number of nitrogens with zero attached hydrogens (tertiary/aromatic N) is 2. The van der Waals surface area contributed by atoms with Gasteiger partial charge in [0.25, 0.3) is 0 Å². The van der Waals surface area contributed by atoms with Gasteiger partial charge >= 0.3 is 6.03 Å². The van der Waals surface area contributed by atoms with Gasteiger partial charge in [0.05, 0.1) is 19.2 Å². The molecule has 2 amide bonds. The maximum Gasteiger partial charge on any atom is 0.381 e. The summed E-state index contributed by atoms with van der Waals surface area (Å²) in [6.45, 7) is 0.481. The van der Waals surface area contributed by atoms with Crippen molar-refractivity contribution in [2.45, 2.75) is 6.10 Å². The number of β-amino-alcohol motifs (C(OH)–C–C–N with tert-alkyl or cyclic N) is 1. The van der Waals surface area contributed by atoms with Crippen molar-refractivity contribution in [2.24, 2.45) is 5.18 Å². The fourth-order valence-corrected chi connectivity index (χ4v) is 0.669. The van der Waals surface area contributed by atoms with E-state index in [-0.39, 0.29) is 13.1 Å². The van der Waals surface area contributed by atoms with Crippen molar-refractivity contribution < 1.29 is 9.90 Å². The van der Waals surface area contributed by atoms with Crippen LogP contribution in [0.5, 0.6) is 0 Å². The lowest BCUT2D eigenvalue weighted by atomic mass is 10.2. The van der Waals surface area contributed by atoms with Crippen molar-refractivity contribution in [3.05, 3.63) is 4.91 Å². The summed E-state index contributed by atoms with van der Waals surface area (Å²) in [5, 5.41) is 10.8. The molecule has 1 aliphatic heterocycles. The molecule has 1 aliphatic rings. The van der Waals surface area contributed by atoms with Crippen LogP contribution in [0.15, 0.2) is 5.18 Å². The van der Waals surface area contributed by atoms with Crippen molar-refractivity contribution in [1.82, 2.24) is 4.90 Å². The molecular weight excluding hydrogens is 124 g/mol. The van der Waals surface area contributed by atoms with Crippen molar-refractivity contribution >= 4 is 6.03 Å². The van der Waals surface area contributed by atoms with Crippen LogP contribution in [0.1, 0.15) is 0 Å². The lowest BCUT2D eigenvalue weighted by Crippen LogP contribution is -2.52. The van der Waals surface area contributed by atoms with Crippen LogP contribution in [-0.4, -0.2) is 35.2 Å². The number of rotatable bonds is 0. The van der Waals surface area contributed by atoms with E-state index in [0.29, 0.717) is 0 Å². The molecule has 1 fully saturated rings. The number of aliphatic hydroxyl groups is 1. The van der Waals surface area contributed by atoms with Gasteiger partial charge < -0.3 is 10.0 Å². The van der Waals surface area contributed by atoms with Gasteiger partial charge in [0, 0.05) is 5.18 Å². The molecule has 0 atom stereocenters. The first kappa shape index (κ1) is 6.15. The van der Waals surface area contributed by atoms with Gasteiger partial charge in [-0.05, 0) is 0 Å². The second-order valence-electron chi connectivity index (χ2n) is 1.93. The van der Waals surface area contributed by atoms with Crippen LogP contribution in [0.25, 0.3) is 0 Å². The molecule has 0 unspecified atom stereocenters. The van der Waals surface area contributed by atoms with Crippen LogP contribution in [0, 0.1) is 4.91 Å². The third-order valence-electron chi connectivity index (χ3n) is 1.21. The van der Waals surface area contributed by atoms with Gasteiger partial charge in [0.2, 0.25) is 0 Å². The zero-order chi connectivity index (χ0) is 6.85. The van der Waals surface area contributed by atoms with Gasteiger partial charge in [-0.15, -0.1) is 4.91 Å². The summed E-state index contributed by atoms with van der Waals surface area (Å²) < 4.78 is 0. The molecule has 0 spiro atoms. The molecule has 5 nitrogen and oxygen atoms in total. The van der Waals surface area contributed by atoms with Crippen molar-refractivity contribution in [1.29, 1.82) is 0 Å². The van der Waals surface area contributed by atoms with E-state index in [2.05, 4.69) is 5.18 Å². The molecule has 0 aromatic carbocycles. The van der Waals surface area contributed by atoms with Gasteiger partial charge in [0.15, 0.2) is 0 Å². The highest BCUT2D eigenvalue weighted by Crippen LogP contribution is 2.07. The maximum atomic E-state index is 10.3. The molecule has 0 aromatic heterocycles. The Labute approximate surface area is 51.2 Å². The number of urea groups is 1. The minimum atomic E-state index is -0.791. The van der Waals surface area contributed by atoms with Crippen LogP contribution in [0.4, 0.5) is 4.79 Å². The van der Waals surface area contributed by atoms with E-state index >= 15 is 0 Å². The van der Waals surface area contributed by atoms with Crippen molar-refractivity contribution in [3.63, 3.8) is 0 Å². The summed E-state index contributed by atoms with van der Waals surface area (Å²) in [6, 6.07) is -0.791. The monoisotopic (exact) mass is 130 g/mol. The Bertz CT molecular complexity index is 141. The molecule has 50 valence electrons. The van der Waals surface area contributed by atoms with E-state index in [1.165, 1.54) is 4.90 Å². The third-order valence-corrected chi connectivity index (χ3v) is 1.21. The summed E-state index contributed by atoms with van der Waals surface area (Å²) in [5.41, 5.74) is 0. The van der Waals surface area contributed by atoms with Gasteiger partial charge in [-0.25, -0.2) is 4.79 Å². The van der Waals surface area contributed by atoms with E-state index in [0.717, 1.165) is 0 Å². The number of nitroso groups, excluding NO2 is 1. The predicted molar refractivity (Wildman–Crippen MR) is 28.8 cm³/mol. The lowest BCUT2D eigenvalue weighted by Gasteiger charge is -2.33. The molecule has 1 heterocycles. The van der Waals surface area contributed by atoms with Gasteiger partial charge in [0.1, 0.15) is 0 Å². The van der Waals surface area contributed by atoms with Crippen molar-refractivity contribution in [3.8, 4) is 0 Å². The Hall–Kier alpha value is -0.970. The fourth-order valence-electron chi connectivity index (χ4n) is 0.669. The van der Waals surface area contributed by atoms with Crippen LogP contribution < -0.4 is 0 Å². The summed E-state index contributed by atoms with van der Waals surface area (Å²) in [7, 11) is 0. The van der Waals surface area contributed by atoms with E-state index in [1.807, 2.05) is 0 Å². The van der Waals surface area contributed by atoms with Gasteiger partial charge in [-0.1, -0.05) is 0 Å². The minimum Gasteiger partial charge on any atom is -0.389 e. The van der Waals surface area contributed by atoms with Crippen LogP contribution in [0.3, 0.4) is 0 Å². The average molecular weight is 130 g/mol.